The third-order valence-electron chi connectivity index (χ3n) is 6.25. The molecule has 9 nitrogen and oxygen atoms in total. The Morgan fingerprint density at radius 2 is 1.30 bits per heavy atom. The van der Waals surface area contributed by atoms with Gasteiger partial charge in [-0.15, -0.1) is 0 Å². The lowest BCUT2D eigenvalue weighted by Crippen LogP contribution is -2.37. The molecule has 0 aliphatic heterocycles. The summed E-state index contributed by atoms with van der Waals surface area (Å²) in [6.07, 6.45) is 16.4. The molecule has 0 aromatic heterocycles. The number of ether oxygens (including phenoxy) is 1. The molecule has 0 aromatic rings. The predicted octanol–water partition coefficient (Wildman–Crippen LogP) is 5.92. The van der Waals surface area contributed by atoms with Gasteiger partial charge in [0.15, 0.2) is 0 Å². The van der Waals surface area contributed by atoms with E-state index in [0.717, 1.165) is 19.3 Å². The van der Waals surface area contributed by atoms with Crippen molar-refractivity contribution < 1.29 is 42.7 Å². The number of hydrogen-bond acceptors (Lipinski definition) is 6. The number of phosphoric ester groups is 1. The normalized spacial score (nSPS) is 15.4. The Hall–Kier alpha value is -0.540. The van der Waals surface area contributed by atoms with Crippen LogP contribution in [0.15, 0.2) is 0 Å². The van der Waals surface area contributed by atoms with Gasteiger partial charge >= 0.3 is 13.8 Å². The molecule has 0 spiro atoms. The number of hydrogen-bond donors (Lipinski definition) is 3. The summed E-state index contributed by atoms with van der Waals surface area (Å²) >= 11 is 0. The zero-order chi connectivity index (χ0) is 28.0. The smallest absolute Gasteiger partial charge is 0.472 e. The number of unbranched alkanes of at least 4 members (excludes halogenated alkanes) is 13. The van der Waals surface area contributed by atoms with E-state index in [2.05, 4.69) is 6.92 Å². The number of quaternary nitrogens is 1. The number of carboxylic acid groups (broad SMARTS) is 1. The predicted molar refractivity (Wildman–Crippen MR) is 148 cm³/mol. The average molecular weight is 555 g/mol. The van der Waals surface area contributed by atoms with E-state index in [1.165, 1.54) is 70.6 Å². The van der Waals surface area contributed by atoms with Crippen molar-refractivity contribution in [1.82, 2.24) is 0 Å². The first-order valence-electron chi connectivity index (χ1n) is 14.4. The van der Waals surface area contributed by atoms with E-state index >= 15 is 0 Å². The molecular formula is C27H57NO8P+. The third kappa shape index (κ3) is 26.8. The number of nitrogens with zero attached hydrogens (tertiary/aromatic N) is 1. The molecule has 3 N–H and O–H groups in total. The van der Waals surface area contributed by atoms with Crippen molar-refractivity contribution in [3.05, 3.63) is 0 Å². The molecule has 0 saturated carbocycles. The van der Waals surface area contributed by atoms with E-state index < -0.39 is 32.6 Å². The number of aliphatic hydroxyl groups is 1. The number of aliphatic hydroxyl groups excluding tert-OH is 1. The van der Waals surface area contributed by atoms with Gasteiger partial charge in [0.1, 0.15) is 19.3 Å². The van der Waals surface area contributed by atoms with Crippen LogP contribution in [0.3, 0.4) is 0 Å². The highest BCUT2D eigenvalue weighted by atomic mass is 31.2. The van der Waals surface area contributed by atoms with Gasteiger partial charge in [0.05, 0.1) is 46.9 Å². The van der Waals surface area contributed by atoms with Crippen molar-refractivity contribution in [3.63, 3.8) is 0 Å². The van der Waals surface area contributed by atoms with Crippen molar-refractivity contribution in [1.29, 1.82) is 0 Å². The molecule has 3 atom stereocenters. The Morgan fingerprint density at radius 3 is 1.76 bits per heavy atom. The van der Waals surface area contributed by atoms with Gasteiger partial charge in [0.2, 0.25) is 0 Å². The number of phosphoric acid groups is 1. The Kier molecular flexibility index (Phi) is 22.0. The molecule has 10 heteroatoms. The molecule has 0 bridgehead atoms. The zero-order valence-electron chi connectivity index (χ0n) is 24.1. The first-order valence-corrected chi connectivity index (χ1v) is 15.9. The van der Waals surface area contributed by atoms with E-state index in [-0.39, 0.29) is 19.6 Å². The van der Waals surface area contributed by atoms with Crippen LogP contribution in [-0.4, -0.2) is 85.3 Å². The number of rotatable bonds is 27. The number of carboxylic acids is 1. The highest BCUT2D eigenvalue weighted by Gasteiger charge is 2.24. The Morgan fingerprint density at radius 1 is 0.811 bits per heavy atom. The summed E-state index contributed by atoms with van der Waals surface area (Å²) in [6.45, 7) is 2.21. The van der Waals surface area contributed by atoms with Crippen LogP contribution in [-0.2, 0) is 23.1 Å². The molecule has 0 heterocycles. The Labute approximate surface area is 226 Å². The summed E-state index contributed by atoms with van der Waals surface area (Å²) in [4.78, 5) is 20.9. The van der Waals surface area contributed by atoms with Crippen molar-refractivity contribution in [2.75, 3.05) is 47.5 Å². The maximum atomic E-state index is 11.9. The molecule has 222 valence electrons. The monoisotopic (exact) mass is 554 g/mol. The van der Waals surface area contributed by atoms with Gasteiger partial charge in [-0.05, 0) is 6.42 Å². The number of likely N-dealkylation sites (N-methyl/N-ethyl adjacent to an activating group) is 1. The van der Waals surface area contributed by atoms with E-state index in [1.54, 1.807) is 0 Å². The molecule has 0 saturated heterocycles. The minimum Gasteiger partial charge on any atom is -0.481 e. The lowest BCUT2D eigenvalue weighted by molar-refractivity contribution is -0.870. The van der Waals surface area contributed by atoms with Crippen molar-refractivity contribution >= 4 is 13.8 Å². The van der Waals surface area contributed by atoms with Crippen LogP contribution in [0.1, 0.15) is 110 Å². The molecular weight excluding hydrogens is 497 g/mol. The lowest BCUT2D eigenvalue weighted by atomic mass is 10.0. The highest BCUT2D eigenvalue weighted by molar-refractivity contribution is 7.47. The van der Waals surface area contributed by atoms with E-state index in [0.29, 0.717) is 17.4 Å². The third-order valence-corrected chi connectivity index (χ3v) is 7.24. The summed E-state index contributed by atoms with van der Waals surface area (Å²) in [5.41, 5.74) is 0. The maximum Gasteiger partial charge on any atom is 0.472 e. The Balaban J connectivity index is 3.93. The van der Waals surface area contributed by atoms with Crippen LogP contribution in [0.5, 0.6) is 0 Å². The molecule has 0 amide bonds. The minimum atomic E-state index is -4.27. The average Bonchev–Trinajstić information content (AvgIpc) is 2.80. The maximum absolute atomic E-state index is 11.9. The minimum absolute atomic E-state index is 0.0454. The van der Waals surface area contributed by atoms with Crippen LogP contribution in [0.4, 0.5) is 0 Å². The fraction of sp³-hybridized carbons (Fsp3) is 0.963. The van der Waals surface area contributed by atoms with E-state index in [4.69, 9.17) is 18.9 Å². The second-order valence-corrected chi connectivity index (χ2v) is 12.7. The Bertz CT molecular complexity index is 599. The molecule has 0 aliphatic rings. The van der Waals surface area contributed by atoms with Crippen LogP contribution in [0, 0.1) is 0 Å². The summed E-state index contributed by atoms with van der Waals surface area (Å²) < 4.78 is 27.8. The summed E-state index contributed by atoms with van der Waals surface area (Å²) in [7, 11) is 1.52. The standard InChI is InChI=1S/C27H56NO8P/c1-5-6-7-8-9-10-11-12-13-14-15-16-17-18-19-26(22-27(30)31)34-23-25(29)24-36-37(32,33)35-21-20-28(2,3)4/h25-26,29H,5-24H2,1-4H3,(H-,30,31,32,33)/p+1. The lowest BCUT2D eigenvalue weighted by Gasteiger charge is -2.24. The molecule has 3 unspecified atom stereocenters. The topological polar surface area (TPSA) is 123 Å². The largest absolute Gasteiger partial charge is 0.481 e. The second kappa shape index (κ2) is 22.3. The van der Waals surface area contributed by atoms with Crippen LogP contribution < -0.4 is 0 Å². The molecule has 0 aliphatic carbocycles. The first kappa shape index (κ1) is 36.5. The van der Waals surface area contributed by atoms with Gasteiger partial charge in [-0.3, -0.25) is 13.8 Å². The quantitative estimate of drug-likeness (QED) is 0.0650. The summed E-state index contributed by atoms with van der Waals surface area (Å²) in [5.74, 6) is -0.952. The number of aliphatic carboxylic acids is 1. The highest BCUT2D eigenvalue weighted by Crippen LogP contribution is 2.43. The van der Waals surface area contributed by atoms with Gasteiger partial charge in [-0.1, -0.05) is 96.8 Å². The molecule has 0 rings (SSSR count). The van der Waals surface area contributed by atoms with Gasteiger partial charge in [-0.25, -0.2) is 4.57 Å². The van der Waals surface area contributed by atoms with E-state index in [1.807, 2.05) is 21.1 Å². The van der Waals surface area contributed by atoms with E-state index in [9.17, 15) is 19.4 Å². The zero-order valence-corrected chi connectivity index (χ0v) is 25.0. The van der Waals surface area contributed by atoms with Crippen LogP contribution in [0.2, 0.25) is 0 Å². The SMILES string of the molecule is CCCCCCCCCCCCCCCCC(CC(=O)O)OCC(O)COP(=O)(O)OCC[N+](C)(C)C. The number of carbonyl (C=O) groups is 1. The first-order chi connectivity index (χ1) is 17.4. The molecule has 0 aromatic carbocycles. The molecule has 37 heavy (non-hydrogen) atoms. The van der Waals surface area contributed by atoms with Crippen molar-refractivity contribution in [2.24, 2.45) is 0 Å². The van der Waals surface area contributed by atoms with Crippen LogP contribution >= 0.6 is 7.82 Å². The van der Waals surface area contributed by atoms with Crippen LogP contribution in [0.25, 0.3) is 0 Å². The van der Waals surface area contributed by atoms with Gasteiger partial charge < -0.3 is 24.3 Å². The van der Waals surface area contributed by atoms with Gasteiger partial charge in [0, 0.05) is 0 Å². The summed E-state index contributed by atoms with van der Waals surface area (Å²) in [6, 6.07) is 0. The second-order valence-electron chi connectivity index (χ2n) is 11.2. The van der Waals surface area contributed by atoms with Gasteiger partial charge in [-0.2, -0.15) is 0 Å². The fourth-order valence-corrected chi connectivity index (χ4v) is 4.70. The fourth-order valence-electron chi connectivity index (χ4n) is 3.95. The summed E-state index contributed by atoms with van der Waals surface area (Å²) in [5, 5.41) is 19.2. The van der Waals surface area contributed by atoms with Crippen molar-refractivity contribution in [2.45, 2.75) is 122 Å². The molecule has 0 fully saturated rings. The molecule has 0 radical (unpaired) electrons. The van der Waals surface area contributed by atoms with Crippen molar-refractivity contribution in [3.8, 4) is 0 Å². The van der Waals surface area contributed by atoms with Gasteiger partial charge in [0.25, 0.3) is 0 Å².